The Morgan fingerprint density at radius 3 is 2.63 bits per heavy atom. The van der Waals surface area contributed by atoms with E-state index >= 15 is 0 Å². The number of hydrogen-bond donors (Lipinski definition) is 0. The number of carbonyl (C=O) groups excluding carboxylic acids is 1. The number of piperidine rings is 1. The Bertz CT molecular complexity index is 732. The maximum Gasteiger partial charge on any atom is 0.282 e. The first-order chi connectivity index (χ1) is 14.5. The van der Waals surface area contributed by atoms with Crippen molar-refractivity contribution in [3.8, 4) is 5.75 Å². The van der Waals surface area contributed by atoms with Gasteiger partial charge >= 0.3 is 0 Å². The normalized spacial score (nSPS) is 23.5. The summed E-state index contributed by atoms with van der Waals surface area (Å²) >= 11 is 5.31. The number of nitrogens with zero attached hydrogens (tertiary/aromatic N) is 2. The SMILES string of the molecule is CC(C)Oc1ccc(Br)c(CC2CCN(CCC3CN(CC4CC4)C(=O)S3)CC2)c1. The lowest BCUT2D eigenvalue weighted by molar-refractivity contribution is 0.180. The van der Waals surface area contributed by atoms with Gasteiger partial charge in [-0.05, 0) is 108 Å². The van der Waals surface area contributed by atoms with Crippen molar-refractivity contribution in [2.75, 3.05) is 32.7 Å². The molecule has 2 heterocycles. The summed E-state index contributed by atoms with van der Waals surface area (Å²) in [4.78, 5) is 16.9. The highest BCUT2D eigenvalue weighted by molar-refractivity contribution is 9.10. The fourth-order valence-electron chi connectivity index (χ4n) is 4.59. The van der Waals surface area contributed by atoms with E-state index in [4.69, 9.17) is 4.74 Å². The van der Waals surface area contributed by atoms with E-state index in [0.717, 1.165) is 50.1 Å². The third-order valence-corrected chi connectivity index (χ3v) is 8.45. The highest BCUT2D eigenvalue weighted by Crippen LogP contribution is 2.35. The minimum absolute atomic E-state index is 0.205. The van der Waals surface area contributed by atoms with E-state index in [-0.39, 0.29) is 6.10 Å². The van der Waals surface area contributed by atoms with Gasteiger partial charge in [-0.2, -0.15) is 0 Å². The number of thioether (sulfide) groups is 1. The van der Waals surface area contributed by atoms with Crippen LogP contribution in [0.15, 0.2) is 22.7 Å². The van der Waals surface area contributed by atoms with Crippen LogP contribution in [0.2, 0.25) is 0 Å². The van der Waals surface area contributed by atoms with Gasteiger partial charge in [0, 0.05) is 22.8 Å². The van der Waals surface area contributed by atoms with E-state index in [0.29, 0.717) is 10.5 Å². The van der Waals surface area contributed by atoms with Gasteiger partial charge in [0.2, 0.25) is 0 Å². The summed E-state index contributed by atoms with van der Waals surface area (Å²) in [5.41, 5.74) is 1.36. The second kappa shape index (κ2) is 10.3. The zero-order chi connectivity index (χ0) is 21.1. The van der Waals surface area contributed by atoms with Crippen LogP contribution < -0.4 is 4.74 Å². The van der Waals surface area contributed by atoms with E-state index in [9.17, 15) is 4.79 Å². The number of benzene rings is 1. The molecule has 2 saturated heterocycles. The molecule has 4 rings (SSSR count). The molecule has 1 aromatic carbocycles. The first-order valence-electron chi connectivity index (χ1n) is 11.6. The van der Waals surface area contributed by atoms with Crippen LogP contribution in [0.25, 0.3) is 0 Å². The number of ether oxygens (including phenoxy) is 1. The number of halogens is 1. The van der Waals surface area contributed by atoms with Crippen LogP contribution in [-0.4, -0.2) is 59.1 Å². The highest BCUT2D eigenvalue weighted by Gasteiger charge is 2.34. The molecule has 1 atom stereocenters. The van der Waals surface area contributed by atoms with Gasteiger partial charge in [-0.1, -0.05) is 27.7 Å². The highest BCUT2D eigenvalue weighted by atomic mass is 79.9. The van der Waals surface area contributed by atoms with Gasteiger partial charge in [0.15, 0.2) is 0 Å². The largest absolute Gasteiger partial charge is 0.491 e. The average Bonchev–Trinajstić information content (AvgIpc) is 3.46. The van der Waals surface area contributed by atoms with Crippen LogP contribution in [0.5, 0.6) is 5.75 Å². The predicted molar refractivity (Wildman–Crippen MR) is 128 cm³/mol. The van der Waals surface area contributed by atoms with Crippen molar-refractivity contribution >= 4 is 32.9 Å². The molecular weight excluding hydrogens is 460 g/mol. The fraction of sp³-hybridized carbons (Fsp3) is 0.708. The topological polar surface area (TPSA) is 32.8 Å². The molecule has 3 fully saturated rings. The summed E-state index contributed by atoms with van der Waals surface area (Å²) in [5, 5.41) is 0.813. The molecule has 3 aliphatic rings. The van der Waals surface area contributed by atoms with E-state index in [1.54, 1.807) is 11.8 Å². The number of amides is 1. The Hall–Kier alpha value is -0.720. The Kier molecular flexibility index (Phi) is 7.69. The average molecular weight is 496 g/mol. The Balaban J connectivity index is 1.19. The van der Waals surface area contributed by atoms with E-state index in [1.807, 2.05) is 6.07 Å². The van der Waals surface area contributed by atoms with Gasteiger partial charge in [0.25, 0.3) is 5.24 Å². The first-order valence-corrected chi connectivity index (χ1v) is 13.3. The van der Waals surface area contributed by atoms with Crippen molar-refractivity contribution in [2.45, 2.75) is 63.7 Å². The van der Waals surface area contributed by atoms with Gasteiger partial charge in [-0.3, -0.25) is 4.79 Å². The molecule has 30 heavy (non-hydrogen) atoms. The van der Waals surface area contributed by atoms with E-state index in [1.165, 1.54) is 48.8 Å². The molecule has 6 heteroatoms. The van der Waals surface area contributed by atoms with Gasteiger partial charge < -0.3 is 14.5 Å². The predicted octanol–water partition coefficient (Wildman–Crippen LogP) is 5.83. The quantitative estimate of drug-likeness (QED) is 0.432. The minimum atomic E-state index is 0.205. The summed E-state index contributed by atoms with van der Waals surface area (Å²) in [6.07, 6.45) is 7.61. The molecule has 0 aromatic heterocycles. The number of hydrogen-bond acceptors (Lipinski definition) is 4. The van der Waals surface area contributed by atoms with Gasteiger partial charge in [-0.15, -0.1) is 0 Å². The van der Waals surface area contributed by atoms with Crippen molar-refractivity contribution in [2.24, 2.45) is 11.8 Å². The molecule has 4 nitrogen and oxygen atoms in total. The Morgan fingerprint density at radius 2 is 1.93 bits per heavy atom. The van der Waals surface area contributed by atoms with Gasteiger partial charge in [0.1, 0.15) is 5.75 Å². The molecule has 0 N–H and O–H groups in total. The van der Waals surface area contributed by atoms with E-state index < -0.39 is 0 Å². The lowest BCUT2D eigenvalue weighted by atomic mass is 9.90. The van der Waals surface area contributed by atoms with Crippen molar-refractivity contribution < 1.29 is 9.53 Å². The third kappa shape index (κ3) is 6.39. The van der Waals surface area contributed by atoms with Crippen LogP contribution >= 0.6 is 27.7 Å². The smallest absolute Gasteiger partial charge is 0.282 e. The second-order valence-corrected chi connectivity index (χ2v) is 11.7. The number of likely N-dealkylation sites (tertiary alicyclic amines) is 1. The third-order valence-electron chi connectivity index (χ3n) is 6.50. The lowest BCUT2D eigenvalue weighted by Crippen LogP contribution is -2.36. The van der Waals surface area contributed by atoms with Crippen molar-refractivity contribution in [1.82, 2.24) is 9.80 Å². The number of rotatable bonds is 9. The molecule has 1 amide bonds. The Morgan fingerprint density at radius 1 is 1.17 bits per heavy atom. The van der Waals surface area contributed by atoms with Gasteiger partial charge in [0.05, 0.1) is 6.10 Å². The fourth-order valence-corrected chi connectivity index (χ4v) is 6.06. The van der Waals surface area contributed by atoms with Crippen molar-refractivity contribution in [1.29, 1.82) is 0 Å². The van der Waals surface area contributed by atoms with Crippen molar-refractivity contribution in [3.05, 3.63) is 28.2 Å². The molecule has 1 unspecified atom stereocenters. The van der Waals surface area contributed by atoms with Crippen LogP contribution in [0.4, 0.5) is 4.79 Å². The molecule has 1 aromatic rings. The molecule has 1 saturated carbocycles. The van der Waals surface area contributed by atoms with E-state index in [2.05, 4.69) is 51.7 Å². The zero-order valence-corrected chi connectivity index (χ0v) is 20.7. The van der Waals surface area contributed by atoms with Crippen LogP contribution in [-0.2, 0) is 6.42 Å². The maximum atomic E-state index is 12.2. The lowest BCUT2D eigenvalue weighted by Gasteiger charge is -2.32. The summed E-state index contributed by atoms with van der Waals surface area (Å²) in [5.74, 6) is 2.51. The first kappa shape index (κ1) is 22.5. The summed E-state index contributed by atoms with van der Waals surface area (Å²) < 4.78 is 7.07. The second-order valence-electron chi connectivity index (χ2n) is 9.55. The zero-order valence-electron chi connectivity index (χ0n) is 18.3. The summed E-state index contributed by atoms with van der Waals surface area (Å²) in [6.45, 7) is 9.62. The summed E-state index contributed by atoms with van der Waals surface area (Å²) in [6, 6.07) is 6.38. The minimum Gasteiger partial charge on any atom is -0.491 e. The van der Waals surface area contributed by atoms with Crippen LogP contribution in [0, 0.1) is 11.8 Å². The molecule has 2 aliphatic heterocycles. The molecule has 1 aliphatic carbocycles. The molecule has 0 bridgehead atoms. The summed E-state index contributed by atoms with van der Waals surface area (Å²) in [7, 11) is 0. The number of carbonyl (C=O) groups is 1. The van der Waals surface area contributed by atoms with Crippen LogP contribution in [0.1, 0.15) is 51.5 Å². The molecular formula is C24H35BrN2O2S. The van der Waals surface area contributed by atoms with Crippen molar-refractivity contribution in [3.63, 3.8) is 0 Å². The Labute approximate surface area is 194 Å². The standard InChI is InChI=1S/C24H35BrN2O2S/c1-17(2)29-21-5-6-23(25)20(14-21)13-18-7-10-26(11-8-18)12-9-22-16-27(24(28)30-22)15-19-3-4-19/h5-6,14,17-19,22H,3-4,7-13,15-16H2,1-2H3. The molecule has 0 spiro atoms. The molecule has 166 valence electrons. The maximum absolute atomic E-state index is 12.2. The van der Waals surface area contributed by atoms with Gasteiger partial charge in [-0.25, -0.2) is 0 Å². The molecule has 0 radical (unpaired) electrons. The van der Waals surface area contributed by atoms with Crippen LogP contribution in [0.3, 0.4) is 0 Å². The monoisotopic (exact) mass is 494 g/mol.